The normalized spacial score (nSPS) is 9.20. The van der Waals surface area contributed by atoms with E-state index >= 15 is 0 Å². The van der Waals surface area contributed by atoms with Crippen LogP contribution < -0.4 is 0 Å². The van der Waals surface area contributed by atoms with E-state index in [4.69, 9.17) is 0 Å². The molecule has 0 aliphatic rings. The molecule has 0 aromatic carbocycles. The van der Waals surface area contributed by atoms with Crippen LogP contribution in [0.4, 0.5) is 0 Å². The molecular formula is C15H36. The number of rotatable bonds is 10. The maximum atomic E-state index is 2.28. The minimum Gasteiger partial charge on any atom is -0.0776 e. The summed E-state index contributed by atoms with van der Waals surface area (Å²) in [7, 11) is 0. The summed E-state index contributed by atoms with van der Waals surface area (Å²) in [4.78, 5) is 0. The molecule has 0 unspecified atom stereocenters. The molecule has 0 heterocycles. The summed E-state index contributed by atoms with van der Waals surface area (Å²) < 4.78 is 0. The van der Waals surface area contributed by atoms with Gasteiger partial charge in [0, 0.05) is 0 Å². The van der Waals surface area contributed by atoms with Crippen LogP contribution >= 0.6 is 0 Å². The van der Waals surface area contributed by atoms with Crippen LogP contribution in [0.25, 0.3) is 0 Å². The first-order chi connectivity index (χ1) is 6.41. The Morgan fingerprint density at radius 2 is 0.600 bits per heavy atom. The topological polar surface area (TPSA) is 0 Å². The van der Waals surface area contributed by atoms with Crippen LogP contribution in [0.2, 0.25) is 0 Å². The first-order valence-electron chi connectivity index (χ1n) is 6.41. The van der Waals surface area contributed by atoms with E-state index in [0.29, 0.717) is 0 Å². The lowest BCUT2D eigenvalue weighted by molar-refractivity contribution is 0.554. The smallest absolute Gasteiger partial charge is 0.0533 e. The van der Waals surface area contributed by atoms with Gasteiger partial charge in [0.15, 0.2) is 0 Å². The molecule has 96 valence electrons. The molecule has 0 aromatic rings. The van der Waals surface area contributed by atoms with E-state index in [9.17, 15) is 0 Å². The van der Waals surface area contributed by atoms with Gasteiger partial charge >= 0.3 is 0 Å². The highest BCUT2D eigenvalue weighted by Gasteiger charge is 1.90. The summed E-state index contributed by atoms with van der Waals surface area (Å²) >= 11 is 0. The molecular weight excluding hydrogens is 180 g/mol. The SMILES string of the molecule is C.C.CCCCCCCCCCCCC. The zero-order valence-corrected chi connectivity index (χ0v) is 9.78. The van der Waals surface area contributed by atoms with E-state index < -0.39 is 0 Å². The van der Waals surface area contributed by atoms with Crippen LogP contribution in [0.5, 0.6) is 0 Å². The molecule has 0 saturated carbocycles. The highest BCUT2D eigenvalue weighted by Crippen LogP contribution is 2.10. The maximum absolute atomic E-state index is 2.28. The largest absolute Gasteiger partial charge is 0.0776 e. The molecule has 0 fully saturated rings. The molecule has 0 amide bonds. The van der Waals surface area contributed by atoms with Gasteiger partial charge in [0.05, 0.1) is 0 Å². The fraction of sp³-hybridized carbons (Fsp3) is 1.00. The Morgan fingerprint density at radius 3 is 0.800 bits per heavy atom. The van der Waals surface area contributed by atoms with Gasteiger partial charge in [0.1, 0.15) is 0 Å². The van der Waals surface area contributed by atoms with E-state index in [1.807, 2.05) is 0 Å². The molecule has 0 heteroatoms. The van der Waals surface area contributed by atoms with E-state index in [1.165, 1.54) is 70.6 Å². The van der Waals surface area contributed by atoms with Crippen molar-refractivity contribution < 1.29 is 0 Å². The van der Waals surface area contributed by atoms with Gasteiger partial charge in [-0.05, 0) is 0 Å². The van der Waals surface area contributed by atoms with Crippen molar-refractivity contribution in [1.29, 1.82) is 0 Å². The predicted octanol–water partition coefficient (Wildman–Crippen LogP) is 6.59. The number of unbranched alkanes of at least 4 members (excludes halogenated alkanes) is 10. The van der Waals surface area contributed by atoms with Crippen LogP contribution in [-0.4, -0.2) is 0 Å². The monoisotopic (exact) mass is 216 g/mol. The van der Waals surface area contributed by atoms with Crippen molar-refractivity contribution in [2.75, 3.05) is 0 Å². The van der Waals surface area contributed by atoms with Crippen molar-refractivity contribution in [1.82, 2.24) is 0 Å². The average Bonchev–Trinajstić information content (AvgIpc) is 2.16. The molecule has 0 bridgehead atoms. The minimum atomic E-state index is 0. The summed E-state index contributed by atoms with van der Waals surface area (Å²) in [5, 5.41) is 0. The van der Waals surface area contributed by atoms with Crippen molar-refractivity contribution in [2.45, 2.75) is 99.3 Å². The third-order valence-corrected chi connectivity index (χ3v) is 2.71. The third kappa shape index (κ3) is 20.2. The van der Waals surface area contributed by atoms with Crippen molar-refractivity contribution >= 4 is 0 Å². The van der Waals surface area contributed by atoms with Crippen LogP contribution in [0.1, 0.15) is 99.3 Å². The van der Waals surface area contributed by atoms with E-state index in [-0.39, 0.29) is 14.9 Å². The molecule has 0 rings (SSSR count). The summed E-state index contributed by atoms with van der Waals surface area (Å²) in [5.41, 5.74) is 0. The molecule has 0 atom stereocenters. The average molecular weight is 216 g/mol. The van der Waals surface area contributed by atoms with Gasteiger partial charge in [-0.25, -0.2) is 0 Å². The maximum Gasteiger partial charge on any atom is -0.0533 e. The molecule has 0 N–H and O–H groups in total. The Bertz CT molecular complexity index is 66.1. The van der Waals surface area contributed by atoms with E-state index in [0.717, 1.165) is 0 Å². The second-order valence-electron chi connectivity index (χ2n) is 4.18. The Morgan fingerprint density at radius 1 is 0.400 bits per heavy atom. The lowest BCUT2D eigenvalue weighted by atomic mass is 10.1. The highest BCUT2D eigenvalue weighted by atomic mass is 14.0. The number of hydrogen-bond donors (Lipinski definition) is 0. The summed E-state index contributed by atoms with van der Waals surface area (Å²) in [5.74, 6) is 0. The molecule has 0 spiro atoms. The Kier molecular flexibility index (Phi) is 26.6. The number of hydrogen-bond acceptors (Lipinski definition) is 0. The fourth-order valence-electron chi connectivity index (χ4n) is 1.74. The van der Waals surface area contributed by atoms with Crippen LogP contribution in [-0.2, 0) is 0 Å². The second-order valence-corrected chi connectivity index (χ2v) is 4.18. The van der Waals surface area contributed by atoms with Gasteiger partial charge < -0.3 is 0 Å². The van der Waals surface area contributed by atoms with E-state index in [1.54, 1.807) is 0 Å². The molecule has 0 aliphatic carbocycles. The van der Waals surface area contributed by atoms with Gasteiger partial charge in [-0.3, -0.25) is 0 Å². The molecule has 0 nitrogen and oxygen atoms in total. The standard InChI is InChI=1S/C13H28.2CH4/c1-3-5-7-9-11-13-12-10-8-6-4-2;;/h3-13H2,1-2H3;2*1H4. The first kappa shape index (κ1) is 20.4. The van der Waals surface area contributed by atoms with Gasteiger partial charge in [0.25, 0.3) is 0 Å². The molecule has 0 radical (unpaired) electrons. The van der Waals surface area contributed by atoms with Crippen molar-refractivity contribution in [3.63, 3.8) is 0 Å². The molecule has 15 heavy (non-hydrogen) atoms. The van der Waals surface area contributed by atoms with Crippen LogP contribution in [0.3, 0.4) is 0 Å². The lowest BCUT2D eigenvalue weighted by Crippen LogP contribution is -1.80. The third-order valence-electron chi connectivity index (χ3n) is 2.71. The van der Waals surface area contributed by atoms with Crippen molar-refractivity contribution in [2.24, 2.45) is 0 Å². The van der Waals surface area contributed by atoms with Crippen molar-refractivity contribution in [3.8, 4) is 0 Å². The predicted molar refractivity (Wildman–Crippen MR) is 75.6 cm³/mol. The van der Waals surface area contributed by atoms with Crippen LogP contribution in [0.15, 0.2) is 0 Å². The zero-order valence-electron chi connectivity index (χ0n) is 9.78. The van der Waals surface area contributed by atoms with Gasteiger partial charge in [-0.15, -0.1) is 0 Å². The second kappa shape index (κ2) is 19.6. The van der Waals surface area contributed by atoms with Crippen LogP contribution in [0, 0.1) is 0 Å². The molecule has 0 aliphatic heterocycles. The summed E-state index contributed by atoms with van der Waals surface area (Å²) in [6, 6.07) is 0. The highest BCUT2D eigenvalue weighted by molar-refractivity contribution is 4.46. The van der Waals surface area contributed by atoms with Gasteiger partial charge in [0.2, 0.25) is 0 Å². The van der Waals surface area contributed by atoms with Gasteiger partial charge in [-0.1, -0.05) is 99.3 Å². The molecule has 0 saturated heterocycles. The minimum absolute atomic E-state index is 0. The summed E-state index contributed by atoms with van der Waals surface area (Å²) in [6.07, 6.45) is 15.9. The molecule has 0 aromatic heterocycles. The van der Waals surface area contributed by atoms with Gasteiger partial charge in [-0.2, -0.15) is 0 Å². The Hall–Kier alpha value is 0. The lowest BCUT2D eigenvalue weighted by Gasteiger charge is -2.00. The Balaban J connectivity index is -0.000000720. The quantitative estimate of drug-likeness (QED) is 0.361. The van der Waals surface area contributed by atoms with Crippen molar-refractivity contribution in [3.05, 3.63) is 0 Å². The zero-order chi connectivity index (χ0) is 9.78. The first-order valence-corrected chi connectivity index (χ1v) is 6.41. The Labute approximate surface area is 99.9 Å². The fourth-order valence-corrected chi connectivity index (χ4v) is 1.74. The summed E-state index contributed by atoms with van der Waals surface area (Å²) in [6.45, 7) is 4.56. The van der Waals surface area contributed by atoms with E-state index in [2.05, 4.69) is 13.8 Å².